The van der Waals surface area contributed by atoms with Gasteiger partial charge in [0.15, 0.2) is 0 Å². The average molecular weight is 419 g/mol. The van der Waals surface area contributed by atoms with Crippen molar-refractivity contribution in [3.63, 3.8) is 0 Å². The molecule has 7 heteroatoms. The molecule has 1 fully saturated rings. The van der Waals surface area contributed by atoms with Crippen LogP contribution in [-0.2, 0) is 14.4 Å². The van der Waals surface area contributed by atoms with E-state index in [4.69, 9.17) is 0 Å². The summed E-state index contributed by atoms with van der Waals surface area (Å²) in [5.74, 6) is -0.855. The van der Waals surface area contributed by atoms with Gasteiger partial charge in [-0.15, -0.1) is 0 Å². The van der Waals surface area contributed by atoms with E-state index in [-0.39, 0.29) is 30.2 Å². The Morgan fingerprint density at radius 3 is 2.42 bits per heavy atom. The van der Waals surface area contributed by atoms with Crippen molar-refractivity contribution in [1.29, 1.82) is 0 Å². The highest BCUT2D eigenvalue weighted by Gasteiger charge is 2.43. The lowest BCUT2D eigenvalue weighted by Crippen LogP contribution is -2.40. The van der Waals surface area contributed by atoms with Crippen molar-refractivity contribution in [1.82, 2.24) is 4.90 Å². The first kappa shape index (κ1) is 20.8. The van der Waals surface area contributed by atoms with Crippen LogP contribution in [-0.4, -0.2) is 47.4 Å². The third kappa shape index (κ3) is 4.09. The highest BCUT2D eigenvalue weighted by atomic mass is 16.3. The van der Waals surface area contributed by atoms with Crippen LogP contribution in [0.5, 0.6) is 0 Å². The van der Waals surface area contributed by atoms with E-state index in [2.05, 4.69) is 5.32 Å². The summed E-state index contributed by atoms with van der Waals surface area (Å²) >= 11 is 0. The molecule has 2 aromatic rings. The van der Waals surface area contributed by atoms with Gasteiger partial charge in [-0.3, -0.25) is 14.4 Å². The highest BCUT2D eigenvalue weighted by Crippen LogP contribution is 2.36. The quantitative estimate of drug-likeness (QED) is 0.728. The molecule has 3 amide bonds. The Hall–Kier alpha value is -3.45. The van der Waals surface area contributed by atoms with Gasteiger partial charge in [-0.05, 0) is 48.6 Å². The molecule has 2 aromatic carbocycles. The maximum absolute atomic E-state index is 13.5. The monoisotopic (exact) mass is 419 g/mol. The number of piperidine rings is 1. The van der Waals surface area contributed by atoms with Crippen molar-refractivity contribution in [2.75, 3.05) is 29.9 Å². The van der Waals surface area contributed by atoms with E-state index < -0.39 is 0 Å². The first-order valence-electron chi connectivity index (χ1n) is 10.4. The van der Waals surface area contributed by atoms with Crippen LogP contribution >= 0.6 is 0 Å². The summed E-state index contributed by atoms with van der Waals surface area (Å²) in [5, 5.41) is 12.3. The Kier molecular flexibility index (Phi) is 5.86. The normalized spacial score (nSPS) is 19.2. The van der Waals surface area contributed by atoms with Crippen molar-refractivity contribution in [3.8, 4) is 0 Å². The van der Waals surface area contributed by atoms with Gasteiger partial charge in [0, 0.05) is 32.3 Å². The molecule has 2 aliphatic heterocycles. The van der Waals surface area contributed by atoms with Crippen molar-refractivity contribution in [2.45, 2.75) is 19.8 Å². The minimum atomic E-state index is -0.371. The predicted molar refractivity (Wildman–Crippen MR) is 118 cm³/mol. The number of rotatable bonds is 5. The first-order chi connectivity index (χ1) is 15.0. The standard InChI is InChI=1S/C24H25N3O4/c1-16(29)25-19-9-11-20(12-10-19)27-23(30)21(18-7-3-2-4-8-18)22(24(27)31)26-13-5-6-17(14-26)15-28/h2-4,7-12,17,28H,5-6,13-15H2,1H3,(H,25,29). The van der Waals surface area contributed by atoms with Crippen LogP contribution < -0.4 is 10.2 Å². The second kappa shape index (κ2) is 8.73. The zero-order valence-corrected chi connectivity index (χ0v) is 17.4. The zero-order chi connectivity index (χ0) is 22.0. The van der Waals surface area contributed by atoms with Gasteiger partial charge in [0.25, 0.3) is 11.8 Å². The molecule has 2 aliphatic rings. The third-order valence-electron chi connectivity index (χ3n) is 5.66. The number of carbonyl (C=O) groups is 3. The average Bonchev–Trinajstić information content (AvgIpc) is 3.04. The van der Waals surface area contributed by atoms with Crippen LogP contribution in [0.2, 0.25) is 0 Å². The molecule has 0 spiro atoms. The van der Waals surface area contributed by atoms with Crippen molar-refractivity contribution in [3.05, 3.63) is 65.9 Å². The number of benzene rings is 2. The number of imide groups is 1. The summed E-state index contributed by atoms with van der Waals surface area (Å²) < 4.78 is 0. The van der Waals surface area contributed by atoms with Crippen molar-refractivity contribution < 1.29 is 19.5 Å². The van der Waals surface area contributed by atoms with Crippen LogP contribution in [0.15, 0.2) is 60.3 Å². The molecule has 2 N–H and O–H groups in total. The number of anilines is 2. The van der Waals surface area contributed by atoms with Crippen molar-refractivity contribution in [2.24, 2.45) is 5.92 Å². The van der Waals surface area contributed by atoms with E-state index in [1.54, 1.807) is 24.3 Å². The fraction of sp³-hybridized carbons (Fsp3) is 0.292. The number of aliphatic hydroxyl groups excluding tert-OH is 1. The van der Waals surface area contributed by atoms with Crippen molar-refractivity contribution >= 4 is 34.7 Å². The summed E-state index contributed by atoms with van der Waals surface area (Å²) in [6.45, 7) is 2.68. The van der Waals surface area contributed by atoms with Gasteiger partial charge in [0.05, 0.1) is 11.3 Å². The second-order valence-electron chi connectivity index (χ2n) is 7.90. The van der Waals surface area contributed by atoms with Crippen LogP contribution in [0.4, 0.5) is 11.4 Å². The zero-order valence-electron chi connectivity index (χ0n) is 17.4. The van der Waals surface area contributed by atoms with E-state index >= 15 is 0 Å². The maximum Gasteiger partial charge on any atom is 0.282 e. The molecule has 1 unspecified atom stereocenters. The minimum Gasteiger partial charge on any atom is -0.396 e. The molecule has 1 saturated heterocycles. The van der Waals surface area contributed by atoms with Gasteiger partial charge in [-0.1, -0.05) is 30.3 Å². The topological polar surface area (TPSA) is 90.0 Å². The number of hydrogen-bond acceptors (Lipinski definition) is 5. The lowest BCUT2D eigenvalue weighted by atomic mass is 9.97. The van der Waals surface area contributed by atoms with E-state index in [0.29, 0.717) is 41.3 Å². The van der Waals surface area contributed by atoms with Crippen LogP contribution in [0.3, 0.4) is 0 Å². The van der Waals surface area contributed by atoms with E-state index in [9.17, 15) is 19.5 Å². The Bertz CT molecular complexity index is 1030. The number of nitrogens with one attached hydrogen (secondary N) is 1. The fourth-order valence-electron chi connectivity index (χ4n) is 4.23. The molecule has 160 valence electrons. The molecule has 0 aliphatic carbocycles. The fourth-order valence-corrected chi connectivity index (χ4v) is 4.23. The Balaban J connectivity index is 1.73. The summed E-state index contributed by atoms with van der Waals surface area (Å²) in [4.78, 5) is 41.4. The number of hydrogen-bond donors (Lipinski definition) is 2. The number of likely N-dealkylation sites (tertiary alicyclic amines) is 1. The molecular weight excluding hydrogens is 394 g/mol. The van der Waals surface area contributed by atoms with Gasteiger partial charge >= 0.3 is 0 Å². The van der Waals surface area contributed by atoms with Crippen LogP contribution in [0.25, 0.3) is 5.57 Å². The molecule has 0 aromatic heterocycles. The van der Waals surface area contributed by atoms with Crippen LogP contribution in [0.1, 0.15) is 25.3 Å². The number of amides is 3. The molecule has 0 radical (unpaired) electrons. The van der Waals surface area contributed by atoms with Gasteiger partial charge < -0.3 is 15.3 Å². The Labute approximate surface area is 181 Å². The molecule has 2 heterocycles. The third-order valence-corrected chi connectivity index (χ3v) is 5.66. The lowest BCUT2D eigenvalue weighted by molar-refractivity contribution is -0.121. The second-order valence-corrected chi connectivity index (χ2v) is 7.90. The Morgan fingerprint density at radius 1 is 1.06 bits per heavy atom. The molecular formula is C24H25N3O4. The van der Waals surface area contributed by atoms with E-state index in [1.807, 2.05) is 35.2 Å². The minimum absolute atomic E-state index is 0.0565. The number of aliphatic hydroxyl groups is 1. The largest absolute Gasteiger partial charge is 0.396 e. The van der Waals surface area contributed by atoms with Gasteiger partial charge in [-0.25, -0.2) is 4.90 Å². The van der Waals surface area contributed by atoms with E-state index in [0.717, 1.165) is 12.8 Å². The lowest BCUT2D eigenvalue weighted by Gasteiger charge is -2.34. The molecule has 4 rings (SSSR count). The number of carbonyl (C=O) groups excluding carboxylic acids is 3. The molecule has 31 heavy (non-hydrogen) atoms. The van der Waals surface area contributed by atoms with Gasteiger partial charge in [0.2, 0.25) is 5.91 Å². The Morgan fingerprint density at radius 2 is 1.77 bits per heavy atom. The summed E-state index contributed by atoms with van der Waals surface area (Å²) in [7, 11) is 0. The predicted octanol–water partition coefficient (Wildman–Crippen LogP) is 2.63. The van der Waals surface area contributed by atoms with Crippen LogP contribution in [0, 0.1) is 5.92 Å². The van der Waals surface area contributed by atoms with E-state index in [1.165, 1.54) is 11.8 Å². The number of nitrogens with zero attached hydrogens (tertiary/aromatic N) is 2. The molecule has 7 nitrogen and oxygen atoms in total. The molecule has 0 saturated carbocycles. The van der Waals surface area contributed by atoms with Gasteiger partial charge in [0.1, 0.15) is 5.70 Å². The highest BCUT2D eigenvalue weighted by molar-refractivity contribution is 6.45. The molecule has 1 atom stereocenters. The summed E-state index contributed by atoms with van der Waals surface area (Å²) in [6, 6.07) is 15.9. The SMILES string of the molecule is CC(=O)Nc1ccc(N2C(=O)C(c3ccccc3)=C(N3CCCC(CO)C3)C2=O)cc1. The first-order valence-corrected chi connectivity index (χ1v) is 10.4. The summed E-state index contributed by atoms with van der Waals surface area (Å²) in [6.07, 6.45) is 1.75. The smallest absolute Gasteiger partial charge is 0.282 e. The maximum atomic E-state index is 13.5. The molecule has 0 bridgehead atoms. The summed E-state index contributed by atoms with van der Waals surface area (Å²) in [5.41, 5.74) is 2.51. The van der Waals surface area contributed by atoms with Gasteiger partial charge in [-0.2, -0.15) is 0 Å².